The van der Waals surface area contributed by atoms with Crippen molar-refractivity contribution in [2.45, 2.75) is 24.7 Å². The van der Waals surface area contributed by atoms with Gasteiger partial charge in [-0.2, -0.15) is 0 Å². The monoisotopic (exact) mass is 438 g/mol. The third kappa shape index (κ3) is 4.44. The predicted octanol–water partition coefficient (Wildman–Crippen LogP) is 1.59. The van der Waals surface area contributed by atoms with Crippen LogP contribution in [-0.4, -0.2) is 42.2 Å². The van der Waals surface area contributed by atoms with Crippen LogP contribution in [0.1, 0.15) is 17.5 Å². The highest BCUT2D eigenvalue weighted by molar-refractivity contribution is 7.94. The van der Waals surface area contributed by atoms with Crippen LogP contribution in [0.2, 0.25) is 0 Å². The second-order valence-electron chi connectivity index (χ2n) is 6.63. The number of amides is 1. The number of aryl methyl sites for hydroxylation is 1. The fourth-order valence-corrected chi connectivity index (χ4v) is 5.95. The molecule has 1 saturated heterocycles. The zero-order valence-electron chi connectivity index (χ0n) is 16.1. The van der Waals surface area contributed by atoms with Crippen LogP contribution in [0, 0.1) is 6.92 Å². The number of carbonyl (C=O) groups excluding carboxylic acids is 1. The first-order chi connectivity index (χ1) is 13.7. The fraction of sp³-hybridized carbons (Fsp3) is 0.316. The lowest BCUT2D eigenvalue weighted by atomic mass is 10.1. The number of nitrogens with one attached hydrogen (secondary N) is 1. The number of hydrogen-bond donors (Lipinski definition) is 1. The number of benzene rings is 2. The average molecular weight is 439 g/mol. The first-order valence-corrected chi connectivity index (χ1v) is 12.0. The summed E-state index contributed by atoms with van der Waals surface area (Å²) in [6.45, 7) is 1.73. The van der Waals surface area contributed by atoms with Gasteiger partial charge in [-0.15, -0.1) is 0 Å². The Bertz CT molecular complexity index is 1140. The summed E-state index contributed by atoms with van der Waals surface area (Å²) in [5.41, 5.74) is 1.38. The Labute approximate surface area is 170 Å². The molecular formula is C19H22N2O6S2. The summed E-state index contributed by atoms with van der Waals surface area (Å²) >= 11 is 0. The van der Waals surface area contributed by atoms with Crippen LogP contribution in [0.4, 0.5) is 5.69 Å². The molecule has 3 rings (SSSR count). The maximum atomic E-state index is 12.7. The topological polar surface area (TPSA) is 110 Å². The van der Waals surface area contributed by atoms with E-state index in [1.165, 1.54) is 18.2 Å². The minimum Gasteiger partial charge on any atom is -0.496 e. The van der Waals surface area contributed by atoms with Gasteiger partial charge in [0, 0.05) is 13.0 Å². The maximum Gasteiger partial charge on any atom is 0.242 e. The van der Waals surface area contributed by atoms with Crippen LogP contribution in [0.5, 0.6) is 5.75 Å². The fourth-order valence-electron chi connectivity index (χ4n) is 3.24. The molecular weight excluding hydrogens is 416 g/mol. The van der Waals surface area contributed by atoms with Crippen molar-refractivity contribution in [3.8, 4) is 5.75 Å². The summed E-state index contributed by atoms with van der Waals surface area (Å²) < 4.78 is 58.0. The van der Waals surface area contributed by atoms with Gasteiger partial charge in [0.25, 0.3) is 0 Å². The summed E-state index contributed by atoms with van der Waals surface area (Å²) in [4.78, 5) is 12.0. The molecule has 1 aliphatic heterocycles. The van der Waals surface area contributed by atoms with Crippen molar-refractivity contribution >= 4 is 31.6 Å². The van der Waals surface area contributed by atoms with Crippen LogP contribution >= 0.6 is 0 Å². The van der Waals surface area contributed by atoms with Gasteiger partial charge >= 0.3 is 0 Å². The number of rotatable bonds is 7. The lowest BCUT2D eigenvalue weighted by molar-refractivity contribution is -0.116. The molecule has 1 fully saturated rings. The van der Waals surface area contributed by atoms with Gasteiger partial charge in [0.2, 0.25) is 26.0 Å². The van der Waals surface area contributed by atoms with E-state index in [4.69, 9.17) is 4.74 Å². The molecule has 29 heavy (non-hydrogen) atoms. The molecule has 0 unspecified atom stereocenters. The summed E-state index contributed by atoms with van der Waals surface area (Å²) in [5.74, 6) is -0.0752. The molecule has 0 bridgehead atoms. The molecule has 0 aromatic heterocycles. The molecule has 2 aromatic carbocycles. The quantitative estimate of drug-likeness (QED) is 0.703. The van der Waals surface area contributed by atoms with Crippen molar-refractivity contribution in [1.29, 1.82) is 0 Å². The van der Waals surface area contributed by atoms with Crippen molar-refractivity contribution in [2.75, 3.05) is 23.7 Å². The maximum absolute atomic E-state index is 12.7. The van der Waals surface area contributed by atoms with Gasteiger partial charge in [-0.25, -0.2) is 25.9 Å². The second-order valence-corrected chi connectivity index (χ2v) is 10.3. The minimum absolute atomic E-state index is 0.0327. The molecule has 0 saturated carbocycles. The molecule has 2 aromatic rings. The third-order valence-electron chi connectivity index (χ3n) is 4.64. The van der Waals surface area contributed by atoms with Gasteiger partial charge in [-0.3, -0.25) is 4.79 Å². The van der Waals surface area contributed by atoms with Gasteiger partial charge in [0.1, 0.15) is 5.75 Å². The van der Waals surface area contributed by atoms with E-state index in [0.29, 0.717) is 17.7 Å². The highest BCUT2D eigenvalue weighted by atomic mass is 32.2. The molecule has 8 nitrogen and oxygen atoms in total. The van der Waals surface area contributed by atoms with Crippen molar-refractivity contribution in [3.05, 3.63) is 53.6 Å². The Hall–Kier alpha value is -2.43. The summed E-state index contributed by atoms with van der Waals surface area (Å²) in [5, 5.41) is 0. The van der Waals surface area contributed by atoms with Crippen molar-refractivity contribution in [1.82, 2.24) is 4.72 Å². The molecule has 1 amide bonds. The molecule has 10 heteroatoms. The number of methoxy groups -OCH3 is 1. The smallest absolute Gasteiger partial charge is 0.242 e. The normalized spacial score (nSPS) is 16.2. The highest BCUT2D eigenvalue weighted by Crippen LogP contribution is 2.28. The Kier molecular flexibility index (Phi) is 5.97. The van der Waals surface area contributed by atoms with Crippen LogP contribution < -0.4 is 13.8 Å². The van der Waals surface area contributed by atoms with Crippen LogP contribution in [0.25, 0.3) is 0 Å². The first kappa shape index (κ1) is 21.3. The van der Waals surface area contributed by atoms with Crippen LogP contribution in [0.3, 0.4) is 0 Å². The van der Waals surface area contributed by atoms with Gasteiger partial charge < -0.3 is 4.74 Å². The van der Waals surface area contributed by atoms with Crippen molar-refractivity contribution in [2.24, 2.45) is 0 Å². The van der Waals surface area contributed by atoms with E-state index in [9.17, 15) is 21.6 Å². The predicted molar refractivity (Wildman–Crippen MR) is 109 cm³/mol. The lowest BCUT2D eigenvalue weighted by Crippen LogP contribution is -2.30. The molecule has 0 atom stereocenters. The van der Waals surface area contributed by atoms with Gasteiger partial charge in [-0.1, -0.05) is 18.2 Å². The number of ether oxygens (including phenoxy) is 1. The third-order valence-corrected chi connectivity index (χ3v) is 7.95. The number of para-hydroxylation sites is 1. The highest BCUT2D eigenvalue weighted by Gasteiger charge is 2.36. The first-order valence-electron chi connectivity index (χ1n) is 8.94. The largest absolute Gasteiger partial charge is 0.496 e. The summed E-state index contributed by atoms with van der Waals surface area (Å²) in [6, 6.07) is 11.4. The van der Waals surface area contributed by atoms with Gasteiger partial charge in [0.05, 0.1) is 23.4 Å². The lowest BCUT2D eigenvalue weighted by Gasteiger charge is -2.17. The van der Waals surface area contributed by atoms with Crippen LogP contribution in [-0.2, 0) is 31.3 Å². The summed E-state index contributed by atoms with van der Waals surface area (Å²) in [7, 11) is -5.95. The Morgan fingerprint density at radius 2 is 1.90 bits per heavy atom. The zero-order chi connectivity index (χ0) is 21.2. The molecule has 0 aliphatic carbocycles. The Morgan fingerprint density at radius 1 is 1.17 bits per heavy atom. The van der Waals surface area contributed by atoms with E-state index in [1.807, 2.05) is 18.2 Å². The molecule has 156 valence electrons. The Morgan fingerprint density at radius 3 is 2.52 bits per heavy atom. The van der Waals surface area contributed by atoms with Gasteiger partial charge in [-0.05, 0) is 48.7 Å². The van der Waals surface area contributed by atoms with Gasteiger partial charge in [0.15, 0.2) is 0 Å². The second kappa shape index (κ2) is 8.13. The van der Waals surface area contributed by atoms with E-state index < -0.39 is 26.0 Å². The molecule has 1 aliphatic rings. The van der Waals surface area contributed by atoms with E-state index in [0.717, 1.165) is 9.87 Å². The summed E-state index contributed by atoms with van der Waals surface area (Å²) in [6.07, 6.45) is 0.368. The van der Waals surface area contributed by atoms with E-state index in [1.54, 1.807) is 20.1 Å². The molecule has 0 radical (unpaired) electrons. The van der Waals surface area contributed by atoms with E-state index in [2.05, 4.69) is 4.72 Å². The SMILES string of the molecule is COc1ccccc1CCNS(=O)(=O)c1ccc(N2C(=O)CCS2(=O)=O)cc1C. The number of carbonyl (C=O) groups is 1. The molecule has 1 heterocycles. The van der Waals surface area contributed by atoms with Crippen LogP contribution in [0.15, 0.2) is 47.4 Å². The average Bonchev–Trinajstić information content (AvgIpc) is 2.94. The number of sulfonamides is 2. The molecule has 0 spiro atoms. The van der Waals surface area contributed by atoms with Crippen molar-refractivity contribution in [3.63, 3.8) is 0 Å². The minimum atomic E-state index is -3.81. The van der Waals surface area contributed by atoms with E-state index >= 15 is 0 Å². The zero-order valence-corrected chi connectivity index (χ0v) is 17.7. The van der Waals surface area contributed by atoms with E-state index in [-0.39, 0.29) is 29.3 Å². The number of nitrogens with zero attached hydrogens (tertiary/aromatic N) is 1. The number of hydrogen-bond acceptors (Lipinski definition) is 6. The standard InChI is InChI=1S/C19H22N2O6S2/c1-14-13-16(21-19(22)10-12-28(21,23)24)7-8-18(14)29(25,26)20-11-9-15-5-3-4-6-17(15)27-2/h3-8,13,20H,9-12H2,1-2H3. The Balaban J connectivity index is 1.76. The van der Waals surface area contributed by atoms with Crippen molar-refractivity contribution < 1.29 is 26.4 Å². The molecule has 1 N–H and O–H groups in total. The number of anilines is 1.